The van der Waals surface area contributed by atoms with E-state index in [0.717, 1.165) is 30.6 Å². The Morgan fingerprint density at radius 1 is 1.59 bits per heavy atom. The molecule has 0 aliphatic carbocycles. The maximum absolute atomic E-state index is 12.1. The molecule has 17 heavy (non-hydrogen) atoms. The van der Waals surface area contributed by atoms with Crippen LogP contribution in [0.5, 0.6) is 0 Å². The second-order valence-corrected chi connectivity index (χ2v) is 4.73. The molecule has 4 heteroatoms. The van der Waals surface area contributed by atoms with Crippen LogP contribution in [0, 0.1) is 12.8 Å². The number of nitrogens with one attached hydrogen (secondary N) is 2. The summed E-state index contributed by atoms with van der Waals surface area (Å²) >= 11 is 0. The van der Waals surface area contributed by atoms with Crippen molar-refractivity contribution < 1.29 is 4.79 Å². The third-order valence-corrected chi connectivity index (χ3v) is 3.33. The molecule has 0 saturated carbocycles. The molecule has 4 nitrogen and oxygen atoms in total. The average Bonchev–Trinajstić information content (AvgIpc) is 2.32. The van der Waals surface area contributed by atoms with Crippen molar-refractivity contribution in [2.75, 3.05) is 11.9 Å². The van der Waals surface area contributed by atoms with Crippen LogP contribution >= 0.6 is 0 Å². The monoisotopic (exact) mass is 233 g/mol. The molecule has 0 spiro atoms. The lowest BCUT2D eigenvalue weighted by Gasteiger charge is -2.29. The van der Waals surface area contributed by atoms with Gasteiger partial charge in [-0.05, 0) is 43.9 Å². The maximum Gasteiger partial charge on any atom is 0.241 e. The van der Waals surface area contributed by atoms with Gasteiger partial charge in [-0.1, -0.05) is 6.92 Å². The minimum Gasteiger partial charge on any atom is -0.324 e. The number of hydrogen-bond acceptors (Lipinski definition) is 3. The Morgan fingerprint density at radius 2 is 2.41 bits per heavy atom. The summed E-state index contributed by atoms with van der Waals surface area (Å²) in [5, 5.41) is 6.25. The predicted molar refractivity (Wildman–Crippen MR) is 67.8 cm³/mol. The molecule has 0 bridgehead atoms. The first-order valence-corrected chi connectivity index (χ1v) is 6.13. The van der Waals surface area contributed by atoms with Crippen LogP contribution < -0.4 is 10.6 Å². The van der Waals surface area contributed by atoms with Gasteiger partial charge in [-0.2, -0.15) is 0 Å². The van der Waals surface area contributed by atoms with Crippen LogP contribution in [0.2, 0.25) is 0 Å². The highest BCUT2D eigenvalue weighted by Gasteiger charge is 2.27. The van der Waals surface area contributed by atoms with E-state index in [1.165, 1.54) is 0 Å². The van der Waals surface area contributed by atoms with Gasteiger partial charge in [-0.25, -0.2) is 0 Å². The standard InChI is InChI=1S/C13H19N3O/c1-9-4-3-6-15-12(9)13(17)16-11-5-7-14-8-10(11)2/h5,7-9,12,15H,3-4,6H2,1-2H3,(H,14,16,17). The molecule has 2 rings (SSSR count). The van der Waals surface area contributed by atoms with Crippen LogP contribution in [-0.2, 0) is 4.79 Å². The lowest BCUT2D eigenvalue weighted by atomic mass is 9.92. The Bertz CT molecular complexity index is 405. The zero-order valence-corrected chi connectivity index (χ0v) is 10.4. The van der Waals surface area contributed by atoms with Crippen LogP contribution in [0.25, 0.3) is 0 Å². The zero-order valence-electron chi connectivity index (χ0n) is 10.4. The number of carbonyl (C=O) groups excluding carboxylic acids is 1. The summed E-state index contributed by atoms with van der Waals surface area (Å²) in [5.41, 5.74) is 1.84. The number of piperidine rings is 1. The topological polar surface area (TPSA) is 54.0 Å². The number of aryl methyl sites for hydroxylation is 1. The molecular formula is C13H19N3O. The normalized spacial score (nSPS) is 24.4. The zero-order chi connectivity index (χ0) is 12.3. The largest absolute Gasteiger partial charge is 0.324 e. The first-order valence-electron chi connectivity index (χ1n) is 6.13. The number of amides is 1. The van der Waals surface area contributed by atoms with E-state index in [2.05, 4.69) is 22.5 Å². The summed E-state index contributed by atoms with van der Waals surface area (Å²) in [6, 6.07) is 1.76. The first-order chi connectivity index (χ1) is 8.18. The second kappa shape index (κ2) is 5.27. The van der Waals surface area contributed by atoms with Crippen molar-refractivity contribution in [1.82, 2.24) is 10.3 Å². The molecule has 92 valence electrons. The third-order valence-electron chi connectivity index (χ3n) is 3.33. The summed E-state index contributed by atoms with van der Waals surface area (Å²) in [7, 11) is 0. The van der Waals surface area contributed by atoms with E-state index in [4.69, 9.17) is 0 Å². The molecular weight excluding hydrogens is 214 g/mol. The third kappa shape index (κ3) is 2.82. The van der Waals surface area contributed by atoms with E-state index >= 15 is 0 Å². The highest BCUT2D eigenvalue weighted by molar-refractivity contribution is 5.95. The average molecular weight is 233 g/mol. The van der Waals surface area contributed by atoms with E-state index < -0.39 is 0 Å². The highest BCUT2D eigenvalue weighted by Crippen LogP contribution is 2.18. The van der Waals surface area contributed by atoms with Crippen molar-refractivity contribution in [3.8, 4) is 0 Å². The van der Waals surface area contributed by atoms with Gasteiger partial charge < -0.3 is 10.6 Å². The van der Waals surface area contributed by atoms with Crippen molar-refractivity contribution in [2.24, 2.45) is 5.92 Å². The number of rotatable bonds is 2. The molecule has 1 aromatic heterocycles. The minimum atomic E-state index is -0.0729. The molecule has 2 N–H and O–H groups in total. The van der Waals surface area contributed by atoms with E-state index in [0.29, 0.717) is 5.92 Å². The van der Waals surface area contributed by atoms with Gasteiger partial charge in [-0.3, -0.25) is 9.78 Å². The first kappa shape index (κ1) is 12.0. The fourth-order valence-electron chi connectivity index (χ4n) is 2.22. The van der Waals surface area contributed by atoms with Gasteiger partial charge in [0.2, 0.25) is 5.91 Å². The summed E-state index contributed by atoms with van der Waals surface area (Å²) in [6.45, 7) is 4.99. The molecule has 1 amide bonds. The van der Waals surface area contributed by atoms with E-state index in [1.807, 2.05) is 13.0 Å². The van der Waals surface area contributed by atoms with Gasteiger partial charge in [0, 0.05) is 18.1 Å². The Balaban J connectivity index is 2.03. The molecule has 2 heterocycles. The van der Waals surface area contributed by atoms with Gasteiger partial charge in [-0.15, -0.1) is 0 Å². The Labute approximate surface area is 102 Å². The molecule has 1 fully saturated rings. The highest BCUT2D eigenvalue weighted by atomic mass is 16.2. The minimum absolute atomic E-state index is 0.0616. The van der Waals surface area contributed by atoms with Gasteiger partial charge in [0.1, 0.15) is 0 Å². The van der Waals surface area contributed by atoms with Gasteiger partial charge in [0.25, 0.3) is 0 Å². The van der Waals surface area contributed by atoms with E-state index in [9.17, 15) is 4.79 Å². The van der Waals surface area contributed by atoms with Crippen LogP contribution in [0.4, 0.5) is 5.69 Å². The van der Waals surface area contributed by atoms with Crippen LogP contribution in [-0.4, -0.2) is 23.5 Å². The van der Waals surface area contributed by atoms with Crippen LogP contribution in [0.1, 0.15) is 25.3 Å². The molecule has 0 radical (unpaired) electrons. The molecule has 1 saturated heterocycles. The van der Waals surface area contributed by atoms with Gasteiger partial charge in [0.05, 0.1) is 6.04 Å². The number of aromatic nitrogens is 1. The van der Waals surface area contributed by atoms with Gasteiger partial charge in [0.15, 0.2) is 0 Å². The van der Waals surface area contributed by atoms with Gasteiger partial charge >= 0.3 is 0 Å². The number of pyridine rings is 1. The lowest BCUT2D eigenvalue weighted by Crippen LogP contribution is -2.48. The number of nitrogens with zero attached hydrogens (tertiary/aromatic N) is 1. The summed E-state index contributed by atoms with van der Waals surface area (Å²) in [4.78, 5) is 16.1. The Morgan fingerprint density at radius 3 is 3.12 bits per heavy atom. The molecule has 1 aliphatic rings. The van der Waals surface area contributed by atoms with Crippen molar-refractivity contribution >= 4 is 11.6 Å². The van der Waals surface area contributed by atoms with Crippen molar-refractivity contribution in [3.05, 3.63) is 24.0 Å². The number of carbonyl (C=O) groups is 1. The van der Waals surface area contributed by atoms with Crippen molar-refractivity contribution in [1.29, 1.82) is 0 Å². The molecule has 2 atom stereocenters. The van der Waals surface area contributed by atoms with Crippen LogP contribution in [0.15, 0.2) is 18.5 Å². The maximum atomic E-state index is 12.1. The molecule has 1 aromatic rings. The SMILES string of the molecule is Cc1cnccc1NC(=O)C1NCCCC1C. The predicted octanol–water partition coefficient (Wildman–Crippen LogP) is 1.72. The molecule has 2 unspecified atom stereocenters. The Hall–Kier alpha value is -1.42. The summed E-state index contributed by atoms with van der Waals surface area (Å²) in [5.74, 6) is 0.456. The van der Waals surface area contributed by atoms with Crippen molar-refractivity contribution in [2.45, 2.75) is 32.7 Å². The van der Waals surface area contributed by atoms with Crippen molar-refractivity contribution in [3.63, 3.8) is 0 Å². The Kier molecular flexibility index (Phi) is 3.74. The second-order valence-electron chi connectivity index (χ2n) is 4.73. The fraction of sp³-hybridized carbons (Fsp3) is 0.538. The number of hydrogen-bond donors (Lipinski definition) is 2. The summed E-state index contributed by atoms with van der Waals surface area (Å²) in [6.07, 6.45) is 5.72. The smallest absolute Gasteiger partial charge is 0.241 e. The quantitative estimate of drug-likeness (QED) is 0.817. The lowest BCUT2D eigenvalue weighted by molar-refractivity contribution is -0.119. The molecule has 1 aliphatic heterocycles. The molecule has 0 aromatic carbocycles. The fourth-order valence-corrected chi connectivity index (χ4v) is 2.22. The summed E-state index contributed by atoms with van der Waals surface area (Å²) < 4.78 is 0. The van der Waals surface area contributed by atoms with E-state index in [-0.39, 0.29) is 11.9 Å². The van der Waals surface area contributed by atoms with E-state index in [1.54, 1.807) is 12.4 Å². The number of anilines is 1. The van der Waals surface area contributed by atoms with Crippen LogP contribution in [0.3, 0.4) is 0 Å².